The van der Waals surface area contributed by atoms with E-state index in [2.05, 4.69) is 31.8 Å². The van der Waals surface area contributed by atoms with Crippen molar-refractivity contribution in [3.05, 3.63) is 36.2 Å². The number of anilines is 1. The number of fused-ring (bicyclic) bond motifs is 1. The minimum Gasteiger partial charge on any atom is -0.397 e. The molecule has 2 N–H and O–H groups in total. The quantitative estimate of drug-likeness (QED) is 0.709. The van der Waals surface area contributed by atoms with E-state index in [1.54, 1.807) is 6.20 Å². The Hall–Kier alpha value is -1.57. The van der Waals surface area contributed by atoms with Crippen LogP contribution in [-0.4, -0.2) is 4.98 Å². The Labute approximate surface area is 90.1 Å². The highest BCUT2D eigenvalue weighted by atomic mass is 14.7. The van der Waals surface area contributed by atoms with Gasteiger partial charge in [-0.05, 0) is 0 Å². The third-order valence-corrected chi connectivity index (χ3v) is 2.54. The molecule has 1 heterocycles. The van der Waals surface area contributed by atoms with E-state index in [1.807, 2.05) is 18.2 Å². The van der Waals surface area contributed by atoms with E-state index in [0.717, 1.165) is 22.2 Å². The molecule has 0 bridgehead atoms. The largest absolute Gasteiger partial charge is 0.397 e. The van der Waals surface area contributed by atoms with Gasteiger partial charge in [-0.1, -0.05) is 45.0 Å². The lowest BCUT2D eigenvalue weighted by Crippen LogP contribution is -2.14. The molecule has 1 aromatic carbocycles. The number of benzene rings is 1. The van der Waals surface area contributed by atoms with Crippen molar-refractivity contribution >= 4 is 16.5 Å². The molecule has 0 aliphatic carbocycles. The van der Waals surface area contributed by atoms with Crippen LogP contribution in [-0.2, 0) is 5.41 Å². The van der Waals surface area contributed by atoms with Crippen molar-refractivity contribution in [3.8, 4) is 0 Å². The summed E-state index contributed by atoms with van der Waals surface area (Å²) < 4.78 is 0. The van der Waals surface area contributed by atoms with Crippen LogP contribution in [0.4, 0.5) is 5.69 Å². The van der Waals surface area contributed by atoms with Crippen LogP contribution in [0.15, 0.2) is 30.5 Å². The lowest BCUT2D eigenvalue weighted by atomic mass is 9.88. The highest BCUT2D eigenvalue weighted by molar-refractivity contribution is 5.94. The van der Waals surface area contributed by atoms with Crippen molar-refractivity contribution in [1.29, 1.82) is 0 Å². The van der Waals surface area contributed by atoms with E-state index < -0.39 is 0 Å². The van der Waals surface area contributed by atoms with Crippen LogP contribution in [0.5, 0.6) is 0 Å². The van der Waals surface area contributed by atoms with Gasteiger partial charge in [0.25, 0.3) is 0 Å². The molecule has 78 valence electrons. The Morgan fingerprint density at radius 1 is 1.07 bits per heavy atom. The minimum atomic E-state index is 0.0489. The summed E-state index contributed by atoms with van der Waals surface area (Å²) in [5.41, 5.74) is 7.81. The average Bonchev–Trinajstić information content (AvgIpc) is 2.17. The van der Waals surface area contributed by atoms with Crippen molar-refractivity contribution in [1.82, 2.24) is 4.98 Å². The molecule has 0 amide bonds. The Bertz CT molecular complexity index is 495. The maximum Gasteiger partial charge on any atom is 0.0580 e. The normalized spacial score (nSPS) is 11.9. The zero-order chi connectivity index (χ0) is 11.1. The Morgan fingerprint density at radius 3 is 2.27 bits per heavy atom. The number of nitrogens with zero attached hydrogens (tertiary/aromatic N) is 1. The molecule has 2 aromatic rings. The van der Waals surface area contributed by atoms with Crippen LogP contribution in [0.1, 0.15) is 26.5 Å². The molecule has 0 fully saturated rings. The van der Waals surface area contributed by atoms with Crippen LogP contribution >= 0.6 is 0 Å². The maximum atomic E-state index is 5.91. The molecular weight excluding hydrogens is 184 g/mol. The molecule has 0 spiro atoms. The highest BCUT2D eigenvalue weighted by Gasteiger charge is 2.18. The van der Waals surface area contributed by atoms with Gasteiger partial charge in [-0.2, -0.15) is 0 Å². The molecule has 0 saturated heterocycles. The van der Waals surface area contributed by atoms with E-state index in [9.17, 15) is 0 Å². The van der Waals surface area contributed by atoms with E-state index in [4.69, 9.17) is 5.73 Å². The molecule has 0 atom stereocenters. The van der Waals surface area contributed by atoms with Crippen LogP contribution in [0.2, 0.25) is 0 Å². The highest BCUT2D eigenvalue weighted by Crippen LogP contribution is 2.30. The Kier molecular flexibility index (Phi) is 2.14. The third-order valence-electron chi connectivity index (χ3n) is 2.54. The number of pyridine rings is 1. The molecule has 2 heteroatoms. The van der Waals surface area contributed by atoms with E-state index >= 15 is 0 Å². The second-order valence-electron chi connectivity index (χ2n) is 4.86. The van der Waals surface area contributed by atoms with Gasteiger partial charge in [-0.25, -0.2) is 0 Å². The molecular formula is C13H16N2. The van der Waals surface area contributed by atoms with Crippen molar-refractivity contribution in [3.63, 3.8) is 0 Å². The number of hydrogen-bond acceptors (Lipinski definition) is 2. The first-order chi connectivity index (χ1) is 7.00. The predicted molar refractivity (Wildman–Crippen MR) is 64.9 cm³/mol. The summed E-state index contributed by atoms with van der Waals surface area (Å²) in [4.78, 5) is 4.45. The Morgan fingerprint density at radius 2 is 1.67 bits per heavy atom. The molecule has 0 saturated carbocycles. The first-order valence-corrected chi connectivity index (χ1v) is 5.14. The van der Waals surface area contributed by atoms with Gasteiger partial charge in [0.05, 0.1) is 17.6 Å². The summed E-state index contributed by atoms with van der Waals surface area (Å²) in [6.07, 6.45) is 1.75. The standard InChI is InChI=1S/C13H16N2/c1-13(2,3)12-10-7-5-4-6-9(10)11(14)8-15-12/h4-8H,14H2,1-3H3. The van der Waals surface area contributed by atoms with Gasteiger partial charge in [0.15, 0.2) is 0 Å². The molecule has 15 heavy (non-hydrogen) atoms. The lowest BCUT2D eigenvalue weighted by molar-refractivity contribution is 0.575. The number of nitrogens with two attached hydrogens (primary N) is 1. The fraction of sp³-hybridized carbons (Fsp3) is 0.308. The van der Waals surface area contributed by atoms with Crippen LogP contribution in [0.25, 0.3) is 10.8 Å². The van der Waals surface area contributed by atoms with E-state index in [-0.39, 0.29) is 5.41 Å². The smallest absolute Gasteiger partial charge is 0.0580 e. The molecule has 1 aromatic heterocycles. The SMILES string of the molecule is CC(C)(C)c1ncc(N)c2ccccc12. The fourth-order valence-electron chi connectivity index (χ4n) is 1.81. The molecule has 0 aliphatic heterocycles. The van der Waals surface area contributed by atoms with Gasteiger partial charge in [-0.3, -0.25) is 4.98 Å². The monoisotopic (exact) mass is 200 g/mol. The fourth-order valence-corrected chi connectivity index (χ4v) is 1.81. The third kappa shape index (κ3) is 1.67. The number of hydrogen-bond donors (Lipinski definition) is 1. The topological polar surface area (TPSA) is 38.9 Å². The summed E-state index contributed by atoms with van der Waals surface area (Å²) in [5, 5.41) is 2.25. The molecule has 2 nitrogen and oxygen atoms in total. The second kappa shape index (κ2) is 3.23. The van der Waals surface area contributed by atoms with Crippen molar-refractivity contribution < 1.29 is 0 Å². The van der Waals surface area contributed by atoms with Crippen molar-refractivity contribution in [2.45, 2.75) is 26.2 Å². The molecule has 2 rings (SSSR count). The van der Waals surface area contributed by atoms with Crippen LogP contribution in [0, 0.1) is 0 Å². The van der Waals surface area contributed by atoms with Gasteiger partial charge in [-0.15, -0.1) is 0 Å². The zero-order valence-electron chi connectivity index (χ0n) is 9.41. The number of nitrogen functional groups attached to an aromatic ring is 1. The van der Waals surface area contributed by atoms with Gasteiger partial charge in [0.1, 0.15) is 0 Å². The van der Waals surface area contributed by atoms with Crippen molar-refractivity contribution in [2.24, 2.45) is 0 Å². The summed E-state index contributed by atoms with van der Waals surface area (Å²) >= 11 is 0. The lowest BCUT2D eigenvalue weighted by Gasteiger charge is -2.20. The second-order valence-corrected chi connectivity index (χ2v) is 4.86. The van der Waals surface area contributed by atoms with Crippen LogP contribution < -0.4 is 5.73 Å². The van der Waals surface area contributed by atoms with Crippen LogP contribution in [0.3, 0.4) is 0 Å². The molecule has 0 unspecified atom stereocenters. The summed E-state index contributed by atoms with van der Waals surface area (Å²) in [7, 11) is 0. The minimum absolute atomic E-state index is 0.0489. The van der Waals surface area contributed by atoms with Crippen molar-refractivity contribution in [2.75, 3.05) is 5.73 Å². The first kappa shape index (κ1) is 9.97. The van der Waals surface area contributed by atoms with E-state index in [0.29, 0.717) is 0 Å². The van der Waals surface area contributed by atoms with Gasteiger partial charge in [0, 0.05) is 16.2 Å². The summed E-state index contributed by atoms with van der Waals surface area (Å²) in [5.74, 6) is 0. The Balaban J connectivity index is 2.84. The summed E-state index contributed by atoms with van der Waals surface area (Å²) in [6.45, 7) is 6.49. The number of aromatic nitrogens is 1. The summed E-state index contributed by atoms with van der Waals surface area (Å²) in [6, 6.07) is 8.16. The van der Waals surface area contributed by atoms with Gasteiger partial charge < -0.3 is 5.73 Å². The molecule has 0 aliphatic rings. The molecule has 0 radical (unpaired) electrons. The average molecular weight is 200 g/mol. The predicted octanol–water partition coefficient (Wildman–Crippen LogP) is 3.11. The first-order valence-electron chi connectivity index (χ1n) is 5.14. The zero-order valence-corrected chi connectivity index (χ0v) is 9.41. The van der Waals surface area contributed by atoms with E-state index in [1.165, 1.54) is 0 Å². The number of rotatable bonds is 0. The maximum absolute atomic E-state index is 5.91. The van der Waals surface area contributed by atoms with Gasteiger partial charge in [0.2, 0.25) is 0 Å². The van der Waals surface area contributed by atoms with Gasteiger partial charge >= 0.3 is 0 Å².